The minimum absolute atomic E-state index is 0.00472. The van der Waals surface area contributed by atoms with Gasteiger partial charge in [-0.3, -0.25) is 0 Å². The molecule has 0 spiro atoms. The van der Waals surface area contributed by atoms with E-state index in [4.69, 9.17) is 9.84 Å². The zero-order valence-corrected chi connectivity index (χ0v) is 9.75. The van der Waals surface area contributed by atoms with E-state index >= 15 is 0 Å². The Morgan fingerprint density at radius 2 is 2.11 bits per heavy atom. The van der Waals surface area contributed by atoms with Gasteiger partial charge >= 0.3 is 5.97 Å². The second-order valence-electron chi connectivity index (χ2n) is 3.56. The molecule has 0 saturated heterocycles. The van der Waals surface area contributed by atoms with E-state index in [0.717, 1.165) is 5.69 Å². The van der Waals surface area contributed by atoms with Crippen molar-refractivity contribution in [3.05, 3.63) is 48.3 Å². The van der Waals surface area contributed by atoms with Crippen molar-refractivity contribution >= 4 is 17.3 Å². The van der Waals surface area contributed by atoms with Crippen molar-refractivity contribution in [1.29, 1.82) is 0 Å². The van der Waals surface area contributed by atoms with Crippen molar-refractivity contribution in [1.82, 2.24) is 4.98 Å². The molecule has 0 bridgehead atoms. The van der Waals surface area contributed by atoms with E-state index in [0.29, 0.717) is 11.4 Å². The Hall–Kier alpha value is -2.56. The lowest BCUT2D eigenvalue weighted by Gasteiger charge is -2.10. The lowest BCUT2D eigenvalue weighted by atomic mass is 10.2. The first-order valence-corrected chi connectivity index (χ1v) is 5.30. The highest BCUT2D eigenvalue weighted by molar-refractivity contribution is 5.86. The van der Waals surface area contributed by atoms with Crippen molar-refractivity contribution in [2.45, 2.75) is 0 Å². The normalized spacial score (nSPS) is 9.83. The second-order valence-corrected chi connectivity index (χ2v) is 3.56. The molecule has 0 aliphatic carbocycles. The van der Waals surface area contributed by atoms with Crippen molar-refractivity contribution in [2.24, 2.45) is 0 Å². The van der Waals surface area contributed by atoms with Crippen molar-refractivity contribution in [3.63, 3.8) is 0 Å². The molecule has 2 N–H and O–H groups in total. The number of hydrogen-bond donors (Lipinski definition) is 2. The van der Waals surface area contributed by atoms with E-state index in [1.165, 1.54) is 12.3 Å². The molecule has 0 fully saturated rings. The number of benzene rings is 1. The monoisotopic (exact) mass is 244 g/mol. The van der Waals surface area contributed by atoms with Crippen molar-refractivity contribution in [3.8, 4) is 5.75 Å². The fraction of sp³-hybridized carbons (Fsp3) is 0.0769. The number of aromatic carboxylic acids is 1. The van der Waals surface area contributed by atoms with Crippen LogP contribution < -0.4 is 10.1 Å². The predicted octanol–water partition coefficient (Wildman–Crippen LogP) is 2.53. The summed E-state index contributed by atoms with van der Waals surface area (Å²) in [5.41, 5.74) is 1.41. The van der Waals surface area contributed by atoms with Gasteiger partial charge in [0.2, 0.25) is 0 Å². The van der Waals surface area contributed by atoms with Crippen LogP contribution in [0.1, 0.15) is 10.5 Å². The maximum Gasteiger partial charge on any atom is 0.354 e. The molecule has 5 heteroatoms. The molecule has 0 amide bonds. The molecule has 0 atom stereocenters. The van der Waals surface area contributed by atoms with Gasteiger partial charge in [0.05, 0.1) is 12.8 Å². The third kappa shape index (κ3) is 2.57. The first-order valence-electron chi connectivity index (χ1n) is 5.30. The summed E-state index contributed by atoms with van der Waals surface area (Å²) >= 11 is 0. The van der Waals surface area contributed by atoms with Crippen LogP contribution in [0.3, 0.4) is 0 Å². The van der Waals surface area contributed by atoms with Gasteiger partial charge in [-0.2, -0.15) is 0 Å². The summed E-state index contributed by atoms with van der Waals surface area (Å²) in [5.74, 6) is -0.370. The minimum atomic E-state index is -1.06. The number of carboxylic acid groups (broad SMARTS) is 1. The molecule has 2 aromatic rings. The lowest BCUT2D eigenvalue weighted by Crippen LogP contribution is -2.01. The van der Waals surface area contributed by atoms with Crippen LogP contribution in [0, 0.1) is 0 Å². The maximum atomic E-state index is 10.8. The average Bonchev–Trinajstić information content (AvgIpc) is 2.39. The fourth-order valence-corrected chi connectivity index (χ4v) is 1.53. The number of nitrogens with one attached hydrogen (secondary N) is 1. The molecule has 18 heavy (non-hydrogen) atoms. The molecule has 0 aliphatic rings. The van der Waals surface area contributed by atoms with Gasteiger partial charge in [-0.25, -0.2) is 9.78 Å². The van der Waals surface area contributed by atoms with Gasteiger partial charge in [-0.1, -0.05) is 12.1 Å². The highest BCUT2D eigenvalue weighted by Crippen LogP contribution is 2.26. The van der Waals surface area contributed by atoms with Crippen LogP contribution in [0.2, 0.25) is 0 Å². The van der Waals surface area contributed by atoms with Crippen LogP contribution in [0.5, 0.6) is 5.75 Å². The molecule has 0 saturated carbocycles. The van der Waals surface area contributed by atoms with Gasteiger partial charge in [0.25, 0.3) is 0 Å². The van der Waals surface area contributed by atoms with E-state index in [9.17, 15) is 4.79 Å². The quantitative estimate of drug-likeness (QED) is 0.864. The third-order valence-electron chi connectivity index (χ3n) is 2.37. The van der Waals surface area contributed by atoms with Gasteiger partial charge in [0.1, 0.15) is 11.4 Å². The standard InChI is InChI=1S/C13H12N2O3/c1-18-12-5-3-2-4-10(12)15-9-6-7-14-11(8-9)13(16)17/h2-8H,1H3,(H,14,15)(H,16,17). The van der Waals surface area contributed by atoms with E-state index < -0.39 is 5.97 Å². The number of pyridine rings is 1. The number of para-hydroxylation sites is 2. The molecule has 2 rings (SSSR count). The molecule has 5 nitrogen and oxygen atoms in total. The second kappa shape index (κ2) is 5.18. The Bertz CT molecular complexity index is 570. The first-order chi connectivity index (χ1) is 8.70. The van der Waals surface area contributed by atoms with Gasteiger partial charge in [-0.05, 0) is 24.3 Å². The molecule has 1 aromatic heterocycles. The summed E-state index contributed by atoms with van der Waals surface area (Å²) in [6, 6.07) is 10.6. The smallest absolute Gasteiger partial charge is 0.354 e. The summed E-state index contributed by atoms with van der Waals surface area (Å²) in [4.78, 5) is 14.6. The van der Waals surface area contributed by atoms with Gasteiger partial charge in [-0.15, -0.1) is 0 Å². The Morgan fingerprint density at radius 1 is 1.33 bits per heavy atom. The van der Waals surface area contributed by atoms with E-state index in [2.05, 4.69) is 10.3 Å². The van der Waals surface area contributed by atoms with Crippen LogP contribution in [-0.4, -0.2) is 23.2 Å². The number of carbonyl (C=O) groups is 1. The summed E-state index contributed by atoms with van der Waals surface area (Å²) in [5, 5.41) is 12.0. The molecule has 0 radical (unpaired) electrons. The zero-order chi connectivity index (χ0) is 13.0. The van der Waals surface area contributed by atoms with Crippen LogP contribution >= 0.6 is 0 Å². The molecular weight excluding hydrogens is 232 g/mol. The van der Waals surface area contributed by atoms with Crippen molar-refractivity contribution in [2.75, 3.05) is 12.4 Å². The lowest BCUT2D eigenvalue weighted by molar-refractivity contribution is 0.0690. The fourth-order valence-electron chi connectivity index (χ4n) is 1.53. The average molecular weight is 244 g/mol. The maximum absolute atomic E-state index is 10.8. The number of hydrogen-bond acceptors (Lipinski definition) is 4. The molecule has 92 valence electrons. The Kier molecular flexibility index (Phi) is 3.43. The number of anilines is 2. The van der Waals surface area contributed by atoms with E-state index in [1.807, 2.05) is 24.3 Å². The van der Waals surface area contributed by atoms with Crippen LogP contribution in [0.4, 0.5) is 11.4 Å². The largest absolute Gasteiger partial charge is 0.495 e. The third-order valence-corrected chi connectivity index (χ3v) is 2.37. The zero-order valence-electron chi connectivity index (χ0n) is 9.75. The van der Waals surface area contributed by atoms with Gasteiger partial charge < -0.3 is 15.2 Å². The number of methoxy groups -OCH3 is 1. The summed E-state index contributed by atoms with van der Waals surface area (Å²) in [7, 11) is 1.58. The summed E-state index contributed by atoms with van der Waals surface area (Å²) < 4.78 is 5.20. The molecule has 1 aromatic carbocycles. The molecule has 0 aliphatic heterocycles. The number of rotatable bonds is 4. The highest BCUT2D eigenvalue weighted by Gasteiger charge is 2.06. The molecule has 1 heterocycles. The topological polar surface area (TPSA) is 71.5 Å². The Labute approximate surface area is 104 Å². The van der Waals surface area contributed by atoms with E-state index in [-0.39, 0.29) is 5.69 Å². The molecule has 0 unspecified atom stereocenters. The Balaban J connectivity index is 2.28. The summed E-state index contributed by atoms with van der Waals surface area (Å²) in [6.45, 7) is 0. The SMILES string of the molecule is COc1ccccc1Nc1ccnc(C(=O)O)c1. The number of nitrogens with zero attached hydrogens (tertiary/aromatic N) is 1. The minimum Gasteiger partial charge on any atom is -0.495 e. The van der Waals surface area contributed by atoms with Gasteiger partial charge in [0.15, 0.2) is 0 Å². The molecular formula is C13H12N2O3. The predicted molar refractivity (Wildman–Crippen MR) is 67.5 cm³/mol. The number of carboxylic acids is 1. The first kappa shape index (κ1) is 11.9. The van der Waals surface area contributed by atoms with Crippen LogP contribution in [0.15, 0.2) is 42.6 Å². The number of aromatic nitrogens is 1. The van der Waals surface area contributed by atoms with Crippen LogP contribution in [0.25, 0.3) is 0 Å². The van der Waals surface area contributed by atoms with Gasteiger partial charge in [0, 0.05) is 11.9 Å². The summed E-state index contributed by atoms with van der Waals surface area (Å²) in [6.07, 6.45) is 1.45. The highest BCUT2D eigenvalue weighted by atomic mass is 16.5. The number of ether oxygens (including phenoxy) is 1. The van der Waals surface area contributed by atoms with Crippen LogP contribution in [-0.2, 0) is 0 Å². The Morgan fingerprint density at radius 3 is 2.83 bits per heavy atom. The van der Waals surface area contributed by atoms with E-state index in [1.54, 1.807) is 13.2 Å². The van der Waals surface area contributed by atoms with Crippen molar-refractivity contribution < 1.29 is 14.6 Å².